The van der Waals surface area contributed by atoms with E-state index in [0.29, 0.717) is 32.7 Å². The van der Waals surface area contributed by atoms with Crippen LogP contribution in [0.3, 0.4) is 0 Å². The highest BCUT2D eigenvalue weighted by Gasteiger charge is 2.08. The zero-order valence-corrected chi connectivity index (χ0v) is 16.8. The maximum atomic E-state index is 12.2. The number of rotatable bonds is 5. The number of hydrogen-bond donors (Lipinski definition) is 1. The number of halogens is 1. The van der Waals surface area contributed by atoms with Crippen LogP contribution in [-0.4, -0.2) is 20.5 Å². The molecule has 2 aromatic heterocycles. The lowest BCUT2D eigenvalue weighted by atomic mass is 10.2. The Balaban J connectivity index is 1.40. The fourth-order valence-electron chi connectivity index (χ4n) is 2.62. The summed E-state index contributed by atoms with van der Waals surface area (Å²) >= 11 is 7.18. The third-order valence-corrected chi connectivity index (χ3v) is 5.08. The summed E-state index contributed by atoms with van der Waals surface area (Å²) in [6, 6.07) is 15.0. The second-order valence-corrected chi connectivity index (χ2v) is 7.77. The highest BCUT2D eigenvalue weighted by Crippen LogP contribution is 2.18. The van der Waals surface area contributed by atoms with E-state index in [1.807, 2.05) is 6.92 Å². The number of aryl methyl sites for hydroxylation is 1. The van der Waals surface area contributed by atoms with Crippen LogP contribution in [0.25, 0.3) is 4.96 Å². The summed E-state index contributed by atoms with van der Waals surface area (Å²) in [4.78, 5) is 29.2. The molecule has 1 amide bonds. The molecule has 7 nitrogen and oxygen atoms in total. The van der Waals surface area contributed by atoms with Gasteiger partial charge in [0.25, 0.3) is 11.5 Å². The SMILES string of the molecule is Cc1nn2c(=O)cc(COc3ccc(NC(=O)c4ccc(Cl)cc4)cc3)nc2s1. The molecular weight excluding hydrogens is 412 g/mol. The number of nitrogens with zero attached hydrogens (tertiary/aromatic N) is 3. The van der Waals surface area contributed by atoms with Gasteiger partial charge in [-0.15, -0.1) is 0 Å². The molecule has 0 aliphatic rings. The van der Waals surface area contributed by atoms with Crippen LogP contribution in [0.4, 0.5) is 5.69 Å². The van der Waals surface area contributed by atoms with Gasteiger partial charge in [-0.3, -0.25) is 9.59 Å². The number of fused-ring (bicyclic) bond motifs is 1. The van der Waals surface area contributed by atoms with Crippen molar-refractivity contribution in [2.45, 2.75) is 13.5 Å². The van der Waals surface area contributed by atoms with Crippen molar-refractivity contribution in [3.05, 3.63) is 86.2 Å². The largest absolute Gasteiger partial charge is 0.487 e. The van der Waals surface area contributed by atoms with Crippen LogP contribution in [0.2, 0.25) is 5.02 Å². The number of hydrogen-bond acceptors (Lipinski definition) is 6. The molecule has 0 spiro atoms. The van der Waals surface area contributed by atoms with Gasteiger partial charge in [0.2, 0.25) is 4.96 Å². The fourth-order valence-corrected chi connectivity index (χ4v) is 3.51. The zero-order valence-electron chi connectivity index (χ0n) is 15.3. The summed E-state index contributed by atoms with van der Waals surface area (Å²) in [5, 5.41) is 8.26. The number of ether oxygens (including phenoxy) is 1. The summed E-state index contributed by atoms with van der Waals surface area (Å²) in [7, 11) is 0. The van der Waals surface area contributed by atoms with E-state index in [1.54, 1.807) is 48.5 Å². The normalized spacial score (nSPS) is 10.8. The molecule has 0 saturated carbocycles. The van der Waals surface area contributed by atoms with Crippen LogP contribution in [-0.2, 0) is 6.61 Å². The number of benzene rings is 2. The standard InChI is InChI=1S/C20H15ClN4O3S/c1-12-24-25-18(26)10-16(23-20(25)29-12)11-28-17-8-6-15(7-9-17)22-19(27)13-2-4-14(21)5-3-13/h2-10H,11H2,1H3,(H,22,27). The lowest BCUT2D eigenvalue weighted by Crippen LogP contribution is -2.16. The third-order valence-electron chi connectivity index (χ3n) is 4.00. The Kier molecular flexibility index (Phi) is 5.28. The Morgan fingerprint density at radius 2 is 1.90 bits per heavy atom. The van der Waals surface area contributed by atoms with Crippen molar-refractivity contribution in [3.63, 3.8) is 0 Å². The van der Waals surface area contributed by atoms with Crippen molar-refractivity contribution in [2.75, 3.05) is 5.32 Å². The molecule has 0 atom stereocenters. The van der Waals surface area contributed by atoms with Gasteiger partial charge in [-0.1, -0.05) is 22.9 Å². The van der Waals surface area contributed by atoms with Gasteiger partial charge in [0.05, 0.1) is 5.69 Å². The molecule has 9 heteroatoms. The van der Waals surface area contributed by atoms with Gasteiger partial charge in [-0.2, -0.15) is 9.61 Å². The monoisotopic (exact) mass is 426 g/mol. The summed E-state index contributed by atoms with van der Waals surface area (Å²) in [5.41, 5.74) is 1.44. The summed E-state index contributed by atoms with van der Waals surface area (Å²) < 4.78 is 6.99. The van der Waals surface area contributed by atoms with Crippen molar-refractivity contribution in [3.8, 4) is 5.75 Å². The highest BCUT2D eigenvalue weighted by atomic mass is 35.5. The van der Waals surface area contributed by atoms with E-state index in [1.165, 1.54) is 21.9 Å². The minimum Gasteiger partial charge on any atom is -0.487 e. The first-order valence-electron chi connectivity index (χ1n) is 8.64. The molecule has 0 fully saturated rings. The van der Waals surface area contributed by atoms with Crippen molar-refractivity contribution in [1.29, 1.82) is 0 Å². The van der Waals surface area contributed by atoms with E-state index in [9.17, 15) is 9.59 Å². The first-order chi connectivity index (χ1) is 14.0. The van der Waals surface area contributed by atoms with Crippen molar-refractivity contribution < 1.29 is 9.53 Å². The second kappa shape index (κ2) is 8.02. The summed E-state index contributed by atoms with van der Waals surface area (Å²) in [5.74, 6) is 0.366. The Bertz CT molecular complexity index is 1230. The number of anilines is 1. The molecule has 2 heterocycles. The Labute approximate surface area is 174 Å². The molecule has 0 saturated heterocycles. The van der Waals surface area contributed by atoms with Crippen molar-refractivity contribution >= 4 is 39.5 Å². The first kappa shape index (κ1) is 19.1. The second-order valence-electron chi connectivity index (χ2n) is 6.18. The van der Waals surface area contributed by atoms with Crippen molar-refractivity contribution in [2.24, 2.45) is 0 Å². The molecule has 146 valence electrons. The zero-order chi connectivity index (χ0) is 20.4. The molecule has 2 aromatic carbocycles. The average molecular weight is 427 g/mol. The van der Waals surface area contributed by atoms with E-state index in [4.69, 9.17) is 16.3 Å². The van der Waals surface area contributed by atoms with E-state index in [-0.39, 0.29) is 18.1 Å². The minimum atomic E-state index is -0.238. The molecule has 0 aliphatic carbocycles. The molecule has 29 heavy (non-hydrogen) atoms. The van der Waals surface area contributed by atoms with Crippen LogP contribution >= 0.6 is 22.9 Å². The van der Waals surface area contributed by atoms with Crippen LogP contribution in [0, 0.1) is 6.92 Å². The fraction of sp³-hybridized carbons (Fsp3) is 0.100. The third kappa shape index (κ3) is 4.44. The predicted octanol–water partition coefficient (Wildman–Crippen LogP) is 3.94. The van der Waals surface area contributed by atoms with Gasteiger partial charge in [-0.05, 0) is 55.5 Å². The molecular formula is C20H15ClN4O3S. The average Bonchev–Trinajstić information content (AvgIpc) is 3.09. The van der Waals surface area contributed by atoms with E-state index >= 15 is 0 Å². The Morgan fingerprint density at radius 3 is 2.62 bits per heavy atom. The number of carbonyl (C=O) groups excluding carboxylic acids is 1. The maximum Gasteiger partial charge on any atom is 0.275 e. The summed E-state index contributed by atoms with van der Waals surface area (Å²) in [6.45, 7) is 1.97. The predicted molar refractivity (Wildman–Crippen MR) is 112 cm³/mol. The van der Waals surface area contributed by atoms with Gasteiger partial charge in [0.15, 0.2) is 0 Å². The van der Waals surface area contributed by atoms with Crippen LogP contribution in [0.15, 0.2) is 59.4 Å². The van der Waals surface area contributed by atoms with Gasteiger partial charge < -0.3 is 10.1 Å². The lowest BCUT2D eigenvalue weighted by Gasteiger charge is -2.08. The number of carbonyl (C=O) groups is 1. The number of amides is 1. The van der Waals surface area contributed by atoms with Crippen LogP contribution < -0.4 is 15.6 Å². The quantitative estimate of drug-likeness (QED) is 0.522. The van der Waals surface area contributed by atoms with E-state index in [0.717, 1.165) is 5.01 Å². The van der Waals surface area contributed by atoms with Gasteiger partial charge >= 0.3 is 0 Å². The molecule has 4 rings (SSSR count). The van der Waals surface area contributed by atoms with Gasteiger partial charge in [-0.25, -0.2) is 4.98 Å². The smallest absolute Gasteiger partial charge is 0.275 e. The minimum absolute atomic E-state index is 0.152. The molecule has 0 bridgehead atoms. The van der Waals surface area contributed by atoms with Crippen LogP contribution in [0.5, 0.6) is 5.75 Å². The first-order valence-corrected chi connectivity index (χ1v) is 9.83. The molecule has 4 aromatic rings. The lowest BCUT2D eigenvalue weighted by molar-refractivity contribution is 0.102. The van der Waals surface area contributed by atoms with E-state index < -0.39 is 0 Å². The van der Waals surface area contributed by atoms with Gasteiger partial charge in [0.1, 0.15) is 17.4 Å². The van der Waals surface area contributed by atoms with E-state index in [2.05, 4.69) is 15.4 Å². The molecule has 0 unspecified atom stereocenters. The molecule has 1 N–H and O–H groups in total. The Hall–Kier alpha value is -3.23. The number of nitrogens with one attached hydrogen (secondary N) is 1. The topological polar surface area (TPSA) is 85.6 Å². The molecule has 0 radical (unpaired) electrons. The van der Waals surface area contributed by atoms with Crippen molar-refractivity contribution in [1.82, 2.24) is 14.6 Å². The summed E-state index contributed by atoms with van der Waals surface area (Å²) in [6.07, 6.45) is 0. The van der Waals surface area contributed by atoms with Crippen LogP contribution in [0.1, 0.15) is 21.1 Å². The van der Waals surface area contributed by atoms with Gasteiger partial charge in [0, 0.05) is 22.3 Å². The number of aromatic nitrogens is 3. The maximum absolute atomic E-state index is 12.2. The molecule has 0 aliphatic heterocycles. The highest BCUT2D eigenvalue weighted by molar-refractivity contribution is 7.16. The Morgan fingerprint density at radius 1 is 1.17 bits per heavy atom.